The van der Waals surface area contributed by atoms with Crippen LogP contribution in [0.1, 0.15) is 99.3 Å². The summed E-state index contributed by atoms with van der Waals surface area (Å²) in [5.41, 5.74) is 6.88. The molecule has 4 rings (SSSR count). The van der Waals surface area contributed by atoms with Crippen LogP contribution in [0.4, 0.5) is 0 Å². The minimum atomic E-state index is -1.48. The van der Waals surface area contributed by atoms with Crippen LogP contribution in [0.2, 0.25) is 0 Å². The molecule has 2 bridgehead atoms. The molecular weight excluding hydrogens is 979 g/mol. The van der Waals surface area contributed by atoms with Crippen molar-refractivity contribution in [3.05, 3.63) is 85.1 Å². The molecule has 0 saturated carbocycles. The van der Waals surface area contributed by atoms with Crippen LogP contribution >= 0.6 is 0 Å². The Balaban J connectivity index is 1.58. The molecular formula is C54H87N3O18. The van der Waals surface area contributed by atoms with Gasteiger partial charge in [-0.3, -0.25) is 15.0 Å². The molecule has 23 atom stereocenters. The Morgan fingerprint density at radius 3 is 1.81 bits per heavy atom. The normalized spacial score (nSPS) is 46.2. The maximum absolute atomic E-state index is 13.2. The molecule has 4 aliphatic heterocycles. The number of allylic oxidation sites excluding steroid dienone is 12. The zero-order chi connectivity index (χ0) is 55.6. The average molecular weight is 1070 g/mol. The lowest BCUT2D eigenvalue weighted by atomic mass is 9.78. The number of amides is 1. The summed E-state index contributed by atoms with van der Waals surface area (Å²) in [6.07, 6.45) is 3.56. The highest BCUT2D eigenvalue weighted by Crippen LogP contribution is 2.39. The number of aliphatic hydroxyl groups excluding tert-OH is 10. The highest BCUT2D eigenvalue weighted by Gasteiger charge is 2.50. The van der Waals surface area contributed by atoms with E-state index < -0.39 is 152 Å². The fraction of sp³-hybridized carbons (Fsp3) is 0.704. The molecule has 0 aromatic heterocycles. The number of esters is 1. The molecule has 21 nitrogen and oxygen atoms in total. The van der Waals surface area contributed by atoms with Gasteiger partial charge in [0.05, 0.1) is 103 Å². The molecule has 75 heavy (non-hydrogen) atoms. The largest absolute Gasteiger partial charge is 0.462 e. The monoisotopic (exact) mass is 1070 g/mol. The highest BCUT2D eigenvalue weighted by molar-refractivity contribution is 5.79. The van der Waals surface area contributed by atoms with E-state index in [4.69, 9.17) is 40.0 Å². The maximum Gasteiger partial charge on any atom is 0.308 e. The van der Waals surface area contributed by atoms with E-state index in [1.165, 1.54) is 0 Å². The molecule has 4 heterocycles. The Kier molecular flexibility index (Phi) is 26.6. The summed E-state index contributed by atoms with van der Waals surface area (Å²) in [6.45, 7) is 10.3. The third-order valence-electron chi connectivity index (χ3n) is 14.4. The first-order valence-corrected chi connectivity index (χ1v) is 26.2. The second-order valence-electron chi connectivity index (χ2n) is 20.9. The second kappa shape index (κ2) is 31.1. The number of aliphatic hydroxyl groups is 10. The van der Waals surface area contributed by atoms with Crippen LogP contribution in [-0.4, -0.2) is 185 Å². The van der Waals surface area contributed by atoms with Gasteiger partial charge in [0.1, 0.15) is 18.3 Å². The van der Waals surface area contributed by atoms with Crippen molar-refractivity contribution < 1.29 is 89.1 Å². The van der Waals surface area contributed by atoms with Crippen molar-refractivity contribution >= 4 is 11.9 Å². The molecule has 1 unspecified atom stereocenters. The van der Waals surface area contributed by atoms with Gasteiger partial charge in [-0.05, 0) is 47.0 Å². The molecule has 15 N–H and O–H groups in total. The van der Waals surface area contributed by atoms with Crippen molar-refractivity contribution in [2.75, 3.05) is 0 Å². The SMILES string of the molecule is C[C@@H]1[C@H](OC2C[C@@H](O)[C@@H](O)[C@H](C)O2)[C@@H](C)/C=C/C=C/C=C/C=C/C=C/C=C/C=C/[C@H](O[C@@H]2O[C@H](C)[C@@H](O)[C@H](N)[C@@H]2O)C[C@@H]2O[C@](C)(C[C@@H](O)C[C@@H](O)[C@H](O)CC[C@@H](O)C[C@@H](O)CC(=O)O[C@H]1C)C[C@H](O)[C@H]2C(=O)NN. The summed E-state index contributed by atoms with van der Waals surface area (Å²) in [6, 6.07) is -1.11. The molecule has 0 radical (unpaired) electrons. The number of cyclic esters (lactones) is 1. The van der Waals surface area contributed by atoms with E-state index in [9.17, 15) is 60.7 Å². The molecule has 0 spiro atoms. The smallest absolute Gasteiger partial charge is 0.308 e. The Morgan fingerprint density at radius 1 is 0.627 bits per heavy atom. The summed E-state index contributed by atoms with van der Waals surface area (Å²) >= 11 is 0. The fourth-order valence-corrected chi connectivity index (χ4v) is 9.94. The van der Waals surface area contributed by atoms with Gasteiger partial charge in [-0.15, -0.1) is 0 Å². The molecule has 0 aromatic carbocycles. The summed E-state index contributed by atoms with van der Waals surface area (Å²) < 4.78 is 36.6. The zero-order valence-electron chi connectivity index (χ0n) is 44.0. The van der Waals surface area contributed by atoms with Crippen molar-refractivity contribution in [3.8, 4) is 0 Å². The third kappa shape index (κ3) is 20.3. The average Bonchev–Trinajstić information content (AvgIpc) is 3.33. The second-order valence-corrected chi connectivity index (χ2v) is 20.9. The Bertz CT molecular complexity index is 1940. The number of fused-ring (bicyclic) bond motifs is 2. The first-order valence-electron chi connectivity index (χ1n) is 26.2. The number of hydrogen-bond donors (Lipinski definition) is 13. The van der Waals surface area contributed by atoms with Crippen LogP contribution in [0.25, 0.3) is 0 Å². The summed E-state index contributed by atoms with van der Waals surface area (Å²) in [5.74, 6) is 2.18. The number of carbonyl (C=O) groups is 2. The molecule has 3 fully saturated rings. The van der Waals surface area contributed by atoms with Gasteiger partial charge in [-0.2, -0.15) is 0 Å². The van der Waals surface area contributed by atoms with Gasteiger partial charge in [0.2, 0.25) is 5.91 Å². The van der Waals surface area contributed by atoms with Crippen molar-refractivity contribution in [1.82, 2.24) is 5.43 Å². The standard InChI is InChI=1S/C54H87N3O18/c1-30-19-17-15-13-11-9-7-8-10-12-14-16-18-20-38(73-53-50(68)47(55)49(67)34(5)72-53)26-43-46(52(69)57-56)42(64)29-54(6,75-43)28-37(60)24-40(62)39(61)22-21-35(58)23-36(59)25-44(65)70-32(3)31(2)51(30)74-45-27-41(63)48(66)33(4)71-45/h7-20,30-43,45-51,53,58-64,66-68H,21-29,55-56H2,1-6H3,(H,57,69)/b8-7+,11-9+,12-10+,15-13+,16-14+,19-17+,20-18+/t30-,31-,32-,33-,34+,35+,36+,37-,38-,39+,40+,41+,42-,43-,45?,46+,47-,48-,49+,50-,51+,53-,54+/m0/s1. The summed E-state index contributed by atoms with van der Waals surface area (Å²) in [7, 11) is 0. The van der Waals surface area contributed by atoms with E-state index in [2.05, 4.69) is 5.43 Å². The highest BCUT2D eigenvalue weighted by atomic mass is 16.7. The van der Waals surface area contributed by atoms with E-state index in [0.717, 1.165) is 0 Å². The van der Waals surface area contributed by atoms with Gasteiger partial charge in [0, 0.05) is 43.9 Å². The molecule has 426 valence electrons. The van der Waals surface area contributed by atoms with Crippen LogP contribution in [0.3, 0.4) is 0 Å². The summed E-state index contributed by atoms with van der Waals surface area (Å²) in [5, 5.41) is 108. The predicted molar refractivity (Wildman–Crippen MR) is 275 cm³/mol. The van der Waals surface area contributed by atoms with Gasteiger partial charge >= 0.3 is 5.97 Å². The van der Waals surface area contributed by atoms with E-state index in [0.29, 0.717) is 0 Å². The van der Waals surface area contributed by atoms with Gasteiger partial charge in [0.25, 0.3) is 0 Å². The molecule has 0 aromatic rings. The number of nitrogens with two attached hydrogens (primary N) is 2. The fourth-order valence-electron chi connectivity index (χ4n) is 9.94. The van der Waals surface area contributed by atoms with Crippen molar-refractivity contribution in [2.24, 2.45) is 29.3 Å². The number of rotatable bonds is 5. The van der Waals surface area contributed by atoms with Crippen LogP contribution in [0.5, 0.6) is 0 Å². The zero-order valence-corrected chi connectivity index (χ0v) is 44.0. The van der Waals surface area contributed by atoms with Crippen LogP contribution < -0.4 is 17.0 Å². The maximum atomic E-state index is 13.2. The minimum Gasteiger partial charge on any atom is -0.462 e. The van der Waals surface area contributed by atoms with Crippen LogP contribution in [0.15, 0.2) is 85.1 Å². The van der Waals surface area contributed by atoms with Gasteiger partial charge in [0.15, 0.2) is 12.6 Å². The molecule has 4 aliphatic rings. The van der Waals surface area contributed by atoms with Crippen molar-refractivity contribution in [3.63, 3.8) is 0 Å². The first-order chi connectivity index (χ1) is 35.4. The van der Waals surface area contributed by atoms with Crippen molar-refractivity contribution in [2.45, 2.75) is 221 Å². The molecule has 21 heteroatoms. The lowest BCUT2D eigenvalue weighted by Crippen LogP contribution is -2.62. The number of hydrazine groups is 1. The van der Waals surface area contributed by atoms with Gasteiger partial charge < -0.3 is 85.2 Å². The van der Waals surface area contributed by atoms with Gasteiger partial charge in [-0.25, -0.2) is 5.84 Å². The topological polar surface area (TPSA) is 356 Å². The van der Waals surface area contributed by atoms with E-state index in [-0.39, 0.29) is 57.3 Å². The Hall–Kier alpha value is -3.56. The van der Waals surface area contributed by atoms with E-state index in [1.54, 1.807) is 64.2 Å². The quantitative estimate of drug-likeness (QED) is 0.0774. The number of hydrogen-bond acceptors (Lipinski definition) is 20. The Morgan fingerprint density at radius 2 is 1.21 bits per heavy atom. The van der Waals surface area contributed by atoms with E-state index in [1.807, 2.05) is 62.5 Å². The lowest BCUT2D eigenvalue weighted by molar-refractivity contribution is -0.280. The van der Waals surface area contributed by atoms with Crippen molar-refractivity contribution in [1.29, 1.82) is 0 Å². The number of carbonyl (C=O) groups excluding carboxylic acids is 2. The third-order valence-corrected chi connectivity index (χ3v) is 14.4. The van der Waals surface area contributed by atoms with Crippen LogP contribution in [-0.2, 0) is 38.0 Å². The predicted octanol–water partition coefficient (Wildman–Crippen LogP) is 0.568. The first kappa shape index (κ1) is 64.0. The lowest BCUT2D eigenvalue weighted by Gasteiger charge is -2.47. The molecule has 1 amide bonds. The van der Waals surface area contributed by atoms with Gasteiger partial charge in [-0.1, -0.05) is 98.9 Å². The Labute approximate surface area is 440 Å². The van der Waals surface area contributed by atoms with E-state index >= 15 is 0 Å². The minimum absolute atomic E-state index is 0.0233. The van der Waals surface area contributed by atoms with Crippen LogP contribution in [0, 0.1) is 17.8 Å². The number of nitrogens with one attached hydrogen (secondary N) is 1. The molecule has 0 aliphatic carbocycles. The molecule has 3 saturated heterocycles. The number of ether oxygens (including phenoxy) is 6. The summed E-state index contributed by atoms with van der Waals surface area (Å²) in [4.78, 5) is 26.3.